The zero-order chi connectivity index (χ0) is 23.5. The van der Waals surface area contributed by atoms with Gasteiger partial charge in [-0.15, -0.1) is 0 Å². The zero-order valence-corrected chi connectivity index (χ0v) is 19.7. The molecule has 8 heteroatoms. The molecule has 1 unspecified atom stereocenters. The molecule has 2 aliphatic heterocycles. The Balaban J connectivity index is 0.000000295. The van der Waals surface area contributed by atoms with Crippen molar-refractivity contribution in [1.29, 1.82) is 0 Å². The molecule has 2 heterocycles. The van der Waals surface area contributed by atoms with Gasteiger partial charge < -0.3 is 31.7 Å². The summed E-state index contributed by atoms with van der Waals surface area (Å²) in [6.07, 6.45) is 3.13. The van der Waals surface area contributed by atoms with E-state index in [4.69, 9.17) is 16.2 Å². The minimum Gasteiger partial charge on any atom is -0.384 e. The molecule has 176 valence electrons. The maximum absolute atomic E-state index is 11.3. The van der Waals surface area contributed by atoms with Crippen LogP contribution in [0.5, 0.6) is 0 Å². The van der Waals surface area contributed by atoms with E-state index in [2.05, 4.69) is 34.9 Å². The van der Waals surface area contributed by atoms with E-state index in [1.54, 1.807) is 13.8 Å². The van der Waals surface area contributed by atoms with Gasteiger partial charge in [-0.1, -0.05) is 32.0 Å². The van der Waals surface area contributed by atoms with Crippen molar-refractivity contribution >= 4 is 18.0 Å². The first-order chi connectivity index (χ1) is 14.7. The van der Waals surface area contributed by atoms with Gasteiger partial charge in [0.25, 0.3) is 0 Å². The normalized spacial score (nSPS) is 17.2. The highest BCUT2D eigenvalue weighted by atomic mass is 16.5. The number of anilines is 1. The molecule has 1 atom stereocenters. The van der Waals surface area contributed by atoms with Gasteiger partial charge in [-0.3, -0.25) is 9.59 Å². The van der Waals surface area contributed by atoms with Gasteiger partial charge in [0.1, 0.15) is 0 Å². The number of piperidine rings is 1. The van der Waals surface area contributed by atoms with Gasteiger partial charge in [0.15, 0.2) is 0 Å². The van der Waals surface area contributed by atoms with E-state index in [1.807, 2.05) is 25.7 Å². The predicted molar refractivity (Wildman–Crippen MR) is 126 cm³/mol. The third kappa shape index (κ3) is 7.79. The summed E-state index contributed by atoms with van der Waals surface area (Å²) < 4.78 is 4.93. The van der Waals surface area contributed by atoms with Crippen LogP contribution in [0.25, 0.3) is 0 Å². The number of amides is 2. The van der Waals surface area contributed by atoms with Crippen molar-refractivity contribution in [1.82, 2.24) is 10.2 Å². The fourth-order valence-corrected chi connectivity index (χ4v) is 3.66. The summed E-state index contributed by atoms with van der Waals surface area (Å²) in [6.45, 7) is 12.5. The zero-order valence-electron chi connectivity index (χ0n) is 19.7. The van der Waals surface area contributed by atoms with Gasteiger partial charge in [-0.2, -0.15) is 0 Å². The van der Waals surface area contributed by atoms with Gasteiger partial charge in [-0.05, 0) is 45.2 Å². The van der Waals surface area contributed by atoms with Crippen molar-refractivity contribution in [3.63, 3.8) is 0 Å². The molecule has 0 bridgehead atoms. The van der Waals surface area contributed by atoms with Crippen LogP contribution in [0, 0.1) is 0 Å². The molecule has 31 heavy (non-hydrogen) atoms. The molecule has 0 saturated carbocycles. The molecule has 1 aromatic rings. The van der Waals surface area contributed by atoms with E-state index < -0.39 is 5.54 Å². The largest absolute Gasteiger partial charge is 0.384 e. The first-order valence-corrected chi connectivity index (χ1v) is 11.1. The van der Waals surface area contributed by atoms with Crippen LogP contribution in [0.3, 0.4) is 0 Å². The molecular weight excluding hydrogens is 394 g/mol. The number of rotatable bonds is 6. The molecule has 6 N–H and O–H groups in total. The quantitative estimate of drug-likeness (QED) is 0.399. The van der Waals surface area contributed by atoms with Crippen molar-refractivity contribution in [2.45, 2.75) is 64.5 Å². The summed E-state index contributed by atoms with van der Waals surface area (Å²) in [5, 5.41) is 6.20. The highest BCUT2D eigenvalue weighted by Crippen LogP contribution is 2.43. The molecule has 0 aromatic heterocycles. The second-order valence-electron chi connectivity index (χ2n) is 8.45. The number of nitrogens with zero attached hydrogens (tertiary/aromatic N) is 1. The molecular formula is C23H41N5O3. The van der Waals surface area contributed by atoms with Gasteiger partial charge in [-0.25, -0.2) is 0 Å². The number of hydrogen-bond donors (Lipinski definition) is 4. The first-order valence-electron chi connectivity index (χ1n) is 11.1. The molecule has 2 aliphatic rings. The lowest BCUT2D eigenvalue weighted by molar-refractivity contribution is -0.126. The highest BCUT2D eigenvalue weighted by molar-refractivity contribution is 5.85. The minimum atomic E-state index is -0.850. The van der Waals surface area contributed by atoms with E-state index in [9.17, 15) is 9.59 Å². The number of benzene rings is 1. The van der Waals surface area contributed by atoms with Gasteiger partial charge >= 0.3 is 0 Å². The van der Waals surface area contributed by atoms with Gasteiger partial charge in [0.05, 0.1) is 18.9 Å². The van der Waals surface area contributed by atoms with Crippen molar-refractivity contribution < 1.29 is 14.3 Å². The Bertz CT molecular complexity index is 682. The smallest absolute Gasteiger partial charge is 0.239 e. The van der Waals surface area contributed by atoms with Crippen LogP contribution in [0.1, 0.15) is 53.0 Å². The van der Waals surface area contributed by atoms with Crippen molar-refractivity contribution in [2.24, 2.45) is 11.5 Å². The van der Waals surface area contributed by atoms with Crippen molar-refractivity contribution in [3.05, 3.63) is 29.8 Å². The Hall–Kier alpha value is -2.16. The second kappa shape index (κ2) is 12.6. The molecule has 3 rings (SSSR count). The van der Waals surface area contributed by atoms with Crippen molar-refractivity contribution in [3.8, 4) is 0 Å². The van der Waals surface area contributed by atoms with Crippen LogP contribution in [0.2, 0.25) is 0 Å². The number of nitrogens with one attached hydrogen (secondary N) is 2. The molecule has 8 nitrogen and oxygen atoms in total. The lowest BCUT2D eigenvalue weighted by atomic mass is 9.74. The Morgan fingerprint density at radius 1 is 1.32 bits per heavy atom. The van der Waals surface area contributed by atoms with Crippen LogP contribution in [-0.2, 0) is 19.7 Å². The summed E-state index contributed by atoms with van der Waals surface area (Å²) in [5.74, 6) is -0.194. The number of fused-ring (bicyclic) bond motifs is 2. The topological polar surface area (TPSA) is 123 Å². The van der Waals surface area contributed by atoms with Crippen LogP contribution in [0.15, 0.2) is 24.3 Å². The maximum Gasteiger partial charge on any atom is 0.239 e. The standard InChI is InChI=1S/C13H16N2O.C8H19N3O2.C2H6/c16-10-15-7-5-13(6-8-15)9-14-12-4-2-1-3-11(12)13;1-6(4-13-5-9)11-7(12)8(2,3)10;1-2/h1-4,10,14H,5-9H2;6H,4-5,9-10H2,1-3H3,(H,11,12);1-2H3. The minimum absolute atomic E-state index is 0.0705. The van der Waals surface area contributed by atoms with Crippen LogP contribution in [0.4, 0.5) is 5.69 Å². The Morgan fingerprint density at radius 3 is 2.48 bits per heavy atom. The van der Waals surface area contributed by atoms with E-state index in [1.165, 1.54) is 11.3 Å². The number of carbonyl (C=O) groups excluding carboxylic acids is 2. The molecule has 2 amide bonds. The highest BCUT2D eigenvalue weighted by Gasteiger charge is 2.40. The van der Waals surface area contributed by atoms with Crippen LogP contribution in [-0.4, -0.2) is 61.8 Å². The summed E-state index contributed by atoms with van der Waals surface area (Å²) in [7, 11) is 0. The molecule has 0 radical (unpaired) electrons. The second-order valence-corrected chi connectivity index (χ2v) is 8.45. The number of hydrogen-bond acceptors (Lipinski definition) is 6. The third-order valence-corrected chi connectivity index (χ3v) is 5.47. The summed E-state index contributed by atoms with van der Waals surface area (Å²) in [4.78, 5) is 23.9. The van der Waals surface area contributed by atoms with E-state index in [-0.39, 0.29) is 24.1 Å². The number of para-hydroxylation sites is 1. The summed E-state index contributed by atoms with van der Waals surface area (Å²) in [6, 6.07) is 8.49. The average Bonchev–Trinajstić information content (AvgIpc) is 3.12. The summed E-state index contributed by atoms with van der Waals surface area (Å²) in [5.41, 5.74) is 12.9. The average molecular weight is 436 g/mol. The summed E-state index contributed by atoms with van der Waals surface area (Å²) >= 11 is 0. The third-order valence-electron chi connectivity index (χ3n) is 5.47. The van der Waals surface area contributed by atoms with Gasteiger partial charge in [0, 0.05) is 36.8 Å². The van der Waals surface area contributed by atoms with E-state index in [0.717, 1.165) is 38.9 Å². The predicted octanol–water partition coefficient (Wildman–Crippen LogP) is 1.79. The van der Waals surface area contributed by atoms with Crippen molar-refractivity contribution in [2.75, 3.05) is 38.3 Å². The number of nitrogens with two attached hydrogens (primary N) is 2. The lowest BCUT2D eigenvalue weighted by Gasteiger charge is -2.37. The maximum atomic E-state index is 11.3. The Labute approximate surface area is 187 Å². The number of carbonyl (C=O) groups is 2. The molecule has 0 aliphatic carbocycles. The number of ether oxygens (including phenoxy) is 1. The fourth-order valence-electron chi connectivity index (χ4n) is 3.66. The Kier molecular flexibility index (Phi) is 11.0. The van der Waals surface area contributed by atoms with Crippen LogP contribution >= 0.6 is 0 Å². The molecule has 1 aromatic carbocycles. The van der Waals surface area contributed by atoms with E-state index >= 15 is 0 Å². The number of likely N-dealkylation sites (tertiary alicyclic amines) is 1. The first kappa shape index (κ1) is 26.9. The lowest BCUT2D eigenvalue weighted by Crippen LogP contribution is -2.52. The fraction of sp³-hybridized carbons (Fsp3) is 0.652. The van der Waals surface area contributed by atoms with Crippen LogP contribution < -0.4 is 22.1 Å². The van der Waals surface area contributed by atoms with Gasteiger partial charge in [0.2, 0.25) is 12.3 Å². The molecule has 1 spiro atoms. The molecule has 1 saturated heterocycles. The monoisotopic (exact) mass is 435 g/mol. The molecule has 1 fully saturated rings. The Morgan fingerprint density at radius 2 is 1.94 bits per heavy atom. The SMILES string of the molecule is CC.CC(COCN)NC(=O)C(C)(C)N.O=CN1CCC2(CC1)CNc1ccccc12. The van der Waals surface area contributed by atoms with E-state index in [0.29, 0.717) is 6.61 Å².